The van der Waals surface area contributed by atoms with E-state index in [9.17, 15) is 9.59 Å². The molecular weight excluding hydrogens is 216 g/mol. The fourth-order valence-electron chi connectivity index (χ4n) is 1.47. The second-order valence-electron chi connectivity index (χ2n) is 2.96. The summed E-state index contributed by atoms with van der Waals surface area (Å²) in [5.41, 5.74) is 0.687. The maximum absolute atomic E-state index is 11.5. The summed E-state index contributed by atoms with van der Waals surface area (Å²) < 4.78 is 6.11. The van der Waals surface area contributed by atoms with Crippen molar-refractivity contribution in [2.45, 2.75) is 0 Å². The lowest BCUT2D eigenvalue weighted by Crippen LogP contribution is -2.10. The summed E-state index contributed by atoms with van der Waals surface area (Å²) in [4.78, 5) is 22.9. The van der Waals surface area contributed by atoms with E-state index in [4.69, 9.17) is 0 Å². The van der Waals surface area contributed by atoms with Gasteiger partial charge in [-0.1, -0.05) is 23.5 Å². The zero-order valence-corrected chi connectivity index (χ0v) is 8.15. The van der Waals surface area contributed by atoms with Crippen molar-refractivity contribution < 1.29 is 4.52 Å². The molecule has 0 radical (unpaired) electrons. The molecule has 0 saturated heterocycles. The van der Waals surface area contributed by atoms with Crippen LogP contribution in [0.4, 0.5) is 0 Å². The summed E-state index contributed by atoms with van der Waals surface area (Å²) in [5, 5.41) is 3.44. The molecule has 0 bridgehead atoms. The minimum absolute atomic E-state index is 0.0451. The molecule has 0 fully saturated rings. The van der Waals surface area contributed by atoms with E-state index in [1.54, 1.807) is 18.2 Å². The summed E-state index contributed by atoms with van der Waals surface area (Å²) >= 11 is 1.05. The van der Waals surface area contributed by atoms with Gasteiger partial charge in [0.1, 0.15) is 0 Å². The van der Waals surface area contributed by atoms with Gasteiger partial charge in [0.05, 0.1) is 10.2 Å². The number of rotatable bonds is 0. The van der Waals surface area contributed by atoms with Crippen LogP contribution in [0.5, 0.6) is 0 Å². The first-order chi connectivity index (χ1) is 7.27. The van der Waals surface area contributed by atoms with E-state index < -0.39 is 5.76 Å². The molecule has 1 aromatic carbocycles. The van der Waals surface area contributed by atoms with Crippen molar-refractivity contribution in [3.63, 3.8) is 0 Å². The topological polar surface area (TPSA) is 64.6 Å². The molecule has 0 saturated carbocycles. The largest absolute Gasteiger partial charge is 0.446 e. The Balaban J connectivity index is 2.80. The molecule has 3 rings (SSSR count). The Labute approximate surface area is 86.2 Å². The molecule has 0 amide bonds. The van der Waals surface area contributed by atoms with Crippen molar-refractivity contribution in [3.05, 3.63) is 44.4 Å². The van der Waals surface area contributed by atoms with Crippen LogP contribution in [0, 0.1) is 0 Å². The molecule has 2 heterocycles. The predicted octanol–water partition coefficient (Wildman–Crippen LogP) is 0.862. The molecule has 0 spiro atoms. The molecule has 3 aromatic rings. The summed E-state index contributed by atoms with van der Waals surface area (Å²) in [5.74, 6) is -0.633. The summed E-state index contributed by atoms with van der Waals surface area (Å²) in [6, 6.07) is 7.12. The molecule has 2 aromatic heterocycles. The lowest BCUT2D eigenvalue weighted by atomic mass is 10.3. The van der Waals surface area contributed by atoms with Crippen LogP contribution in [-0.4, -0.2) is 9.56 Å². The molecule has 0 aliphatic rings. The fraction of sp³-hybridized carbons (Fsp3) is 0. The van der Waals surface area contributed by atoms with Gasteiger partial charge in [0, 0.05) is 0 Å². The van der Waals surface area contributed by atoms with Crippen LogP contribution in [0.3, 0.4) is 0 Å². The van der Waals surface area contributed by atoms with Crippen molar-refractivity contribution in [3.8, 4) is 0 Å². The van der Waals surface area contributed by atoms with Crippen LogP contribution in [0.1, 0.15) is 0 Å². The van der Waals surface area contributed by atoms with E-state index in [-0.39, 0.29) is 10.4 Å². The average molecular weight is 220 g/mol. The van der Waals surface area contributed by atoms with Gasteiger partial charge in [-0.3, -0.25) is 9.32 Å². The smallest absolute Gasteiger partial charge is 0.295 e. The van der Waals surface area contributed by atoms with Gasteiger partial charge in [-0.2, -0.15) is 0 Å². The van der Waals surface area contributed by atoms with Crippen LogP contribution < -0.4 is 10.5 Å². The molecule has 0 aliphatic carbocycles. The highest BCUT2D eigenvalue weighted by Crippen LogP contribution is 2.15. The van der Waals surface area contributed by atoms with Crippen LogP contribution in [-0.2, 0) is 0 Å². The zero-order valence-electron chi connectivity index (χ0n) is 7.34. The molecule has 0 atom stereocenters. The van der Waals surface area contributed by atoms with E-state index in [1.165, 1.54) is 4.40 Å². The third-order valence-electron chi connectivity index (χ3n) is 2.10. The number of nitrogens with zero attached hydrogens (tertiary/aromatic N) is 2. The Hall–Kier alpha value is -1.95. The van der Waals surface area contributed by atoms with Crippen molar-refractivity contribution in [2.24, 2.45) is 0 Å². The Morgan fingerprint density at radius 3 is 2.93 bits per heavy atom. The van der Waals surface area contributed by atoms with E-state index in [1.807, 2.05) is 6.07 Å². The molecule has 0 aliphatic heterocycles. The van der Waals surface area contributed by atoms with Crippen molar-refractivity contribution in [1.82, 2.24) is 9.56 Å². The lowest BCUT2D eigenvalue weighted by Gasteiger charge is -1.95. The Kier molecular flexibility index (Phi) is 1.54. The van der Waals surface area contributed by atoms with Crippen LogP contribution >= 0.6 is 11.3 Å². The third-order valence-corrected chi connectivity index (χ3v) is 3.03. The zero-order chi connectivity index (χ0) is 10.4. The standard InChI is InChI=1S/C9H4N2O3S/c12-8-7-10-14-9(13)11(7)5-3-1-2-4-6(5)15-8/h1-4H. The highest BCUT2D eigenvalue weighted by molar-refractivity contribution is 7.16. The Morgan fingerprint density at radius 2 is 2.07 bits per heavy atom. The van der Waals surface area contributed by atoms with Gasteiger partial charge in [-0.05, 0) is 17.3 Å². The van der Waals surface area contributed by atoms with Gasteiger partial charge in [0.25, 0.3) is 4.74 Å². The second-order valence-corrected chi connectivity index (χ2v) is 3.98. The molecular formula is C9H4N2O3S. The highest BCUT2D eigenvalue weighted by Gasteiger charge is 2.10. The molecule has 0 unspecified atom stereocenters. The number of hydrogen-bond acceptors (Lipinski definition) is 5. The molecule has 0 N–H and O–H groups in total. The van der Waals surface area contributed by atoms with Crippen LogP contribution in [0.25, 0.3) is 15.9 Å². The predicted molar refractivity (Wildman–Crippen MR) is 55.4 cm³/mol. The molecule has 6 heteroatoms. The molecule has 74 valence electrons. The van der Waals surface area contributed by atoms with Gasteiger partial charge in [-0.15, -0.1) is 0 Å². The van der Waals surface area contributed by atoms with E-state index in [2.05, 4.69) is 9.68 Å². The quantitative estimate of drug-likeness (QED) is 0.563. The third kappa shape index (κ3) is 1.05. The van der Waals surface area contributed by atoms with E-state index in [0.29, 0.717) is 5.52 Å². The molecule has 15 heavy (non-hydrogen) atoms. The van der Waals surface area contributed by atoms with Gasteiger partial charge >= 0.3 is 5.76 Å². The first-order valence-corrected chi connectivity index (χ1v) is 4.99. The van der Waals surface area contributed by atoms with Gasteiger partial charge in [0.15, 0.2) is 0 Å². The summed E-state index contributed by atoms with van der Waals surface area (Å²) in [6.45, 7) is 0. The maximum atomic E-state index is 11.5. The second kappa shape index (κ2) is 2.77. The van der Waals surface area contributed by atoms with Gasteiger partial charge < -0.3 is 0 Å². The van der Waals surface area contributed by atoms with Crippen molar-refractivity contribution in [2.75, 3.05) is 0 Å². The minimum atomic E-state index is -0.633. The van der Waals surface area contributed by atoms with Crippen molar-refractivity contribution >= 4 is 27.2 Å². The van der Waals surface area contributed by atoms with E-state index >= 15 is 0 Å². The van der Waals surface area contributed by atoms with Crippen molar-refractivity contribution in [1.29, 1.82) is 0 Å². The monoisotopic (exact) mass is 220 g/mol. The summed E-state index contributed by atoms with van der Waals surface area (Å²) in [7, 11) is 0. The number of hydrogen-bond donors (Lipinski definition) is 0. The SMILES string of the molecule is O=c1sc2ccccc2n2c(=O)onc12. The number of benzene rings is 1. The lowest BCUT2D eigenvalue weighted by molar-refractivity contribution is 0.388. The first kappa shape index (κ1) is 8.37. The average Bonchev–Trinajstić information content (AvgIpc) is 2.62. The highest BCUT2D eigenvalue weighted by atomic mass is 32.1. The summed E-state index contributed by atoms with van der Waals surface area (Å²) in [6.07, 6.45) is 0. The Bertz CT molecular complexity index is 768. The van der Waals surface area contributed by atoms with Gasteiger partial charge in [0.2, 0.25) is 5.65 Å². The number of fused-ring (bicyclic) bond motifs is 3. The number of aromatic nitrogens is 2. The van der Waals surface area contributed by atoms with E-state index in [0.717, 1.165) is 16.0 Å². The normalized spacial score (nSPS) is 11.2. The van der Waals surface area contributed by atoms with Crippen LogP contribution in [0.15, 0.2) is 38.4 Å². The first-order valence-electron chi connectivity index (χ1n) is 4.17. The Morgan fingerprint density at radius 1 is 1.27 bits per heavy atom. The maximum Gasteiger partial charge on any atom is 0.446 e. The van der Waals surface area contributed by atoms with Crippen LogP contribution in [0.2, 0.25) is 0 Å². The fourth-order valence-corrected chi connectivity index (χ4v) is 2.30. The molecule has 5 nitrogen and oxygen atoms in total. The number of para-hydroxylation sites is 1. The minimum Gasteiger partial charge on any atom is -0.295 e. The van der Waals surface area contributed by atoms with Gasteiger partial charge in [-0.25, -0.2) is 9.20 Å².